The summed E-state index contributed by atoms with van der Waals surface area (Å²) in [6.07, 6.45) is 5.95. The number of unbranched alkanes of at least 4 members (excludes halogenated alkanes) is 1. The molecule has 1 N–H and O–H groups in total. The predicted molar refractivity (Wildman–Crippen MR) is 53.2 cm³/mol. The molecule has 12 heavy (non-hydrogen) atoms. The molecule has 0 aromatic heterocycles. The molecular formula is C10H22N2. The van der Waals surface area contributed by atoms with Gasteiger partial charge in [0.25, 0.3) is 0 Å². The number of hydrogen-bond donors (Lipinski definition) is 1. The van der Waals surface area contributed by atoms with E-state index < -0.39 is 0 Å². The molecule has 1 fully saturated rings. The standard InChI is InChI=1S/C10H22N2/c1-3-5-8-12-9-7-11-10(12)6-4-2/h10-11H,3-9H2,1-2H3. The monoisotopic (exact) mass is 170 g/mol. The molecule has 0 aromatic rings. The van der Waals surface area contributed by atoms with Gasteiger partial charge in [0.15, 0.2) is 0 Å². The summed E-state index contributed by atoms with van der Waals surface area (Å²) in [6, 6.07) is 0. The molecule has 1 unspecified atom stereocenters. The molecule has 2 heteroatoms. The largest absolute Gasteiger partial charge is 0.300 e. The average Bonchev–Trinajstić information content (AvgIpc) is 2.50. The van der Waals surface area contributed by atoms with Crippen LogP contribution in [0.15, 0.2) is 0 Å². The lowest BCUT2D eigenvalue weighted by Gasteiger charge is -2.23. The topological polar surface area (TPSA) is 15.3 Å². The third kappa shape index (κ3) is 2.76. The van der Waals surface area contributed by atoms with Crippen LogP contribution in [0, 0.1) is 0 Å². The van der Waals surface area contributed by atoms with Gasteiger partial charge in [-0.3, -0.25) is 4.90 Å². The minimum Gasteiger partial charge on any atom is -0.300 e. The number of hydrogen-bond acceptors (Lipinski definition) is 2. The van der Waals surface area contributed by atoms with Crippen molar-refractivity contribution < 1.29 is 0 Å². The molecule has 1 aliphatic heterocycles. The quantitative estimate of drug-likeness (QED) is 0.677. The smallest absolute Gasteiger partial charge is 0.0597 e. The summed E-state index contributed by atoms with van der Waals surface area (Å²) in [5, 5.41) is 3.54. The number of rotatable bonds is 5. The third-order valence-electron chi connectivity index (χ3n) is 2.58. The van der Waals surface area contributed by atoms with E-state index in [-0.39, 0.29) is 0 Å². The van der Waals surface area contributed by atoms with E-state index >= 15 is 0 Å². The Kier molecular flexibility index (Phi) is 4.62. The maximum atomic E-state index is 3.54. The van der Waals surface area contributed by atoms with Crippen LogP contribution in [0.2, 0.25) is 0 Å². The first-order valence-electron chi connectivity index (χ1n) is 5.36. The Morgan fingerprint density at radius 2 is 2.17 bits per heavy atom. The van der Waals surface area contributed by atoms with Gasteiger partial charge in [0.2, 0.25) is 0 Å². The predicted octanol–water partition coefficient (Wildman–Crippen LogP) is 1.82. The summed E-state index contributed by atoms with van der Waals surface area (Å²) in [5.41, 5.74) is 0. The van der Waals surface area contributed by atoms with E-state index in [0.29, 0.717) is 6.17 Å². The van der Waals surface area contributed by atoms with Crippen molar-refractivity contribution in [3.05, 3.63) is 0 Å². The van der Waals surface area contributed by atoms with Crippen molar-refractivity contribution >= 4 is 0 Å². The fourth-order valence-electron chi connectivity index (χ4n) is 1.85. The van der Waals surface area contributed by atoms with Gasteiger partial charge in [-0.2, -0.15) is 0 Å². The summed E-state index contributed by atoms with van der Waals surface area (Å²) >= 11 is 0. The Hall–Kier alpha value is -0.0800. The molecule has 0 aliphatic carbocycles. The van der Waals surface area contributed by atoms with Crippen molar-refractivity contribution in [1.29, 1.82) is 0 Å². The summed E-state index contributed by atoms with van der Waals surface area (Å²) in [5.74, 6) is 0. The van der Waals surface area contributed by atoms with Crippen LogP contribution < -0.4 is 5.32 Å². The maximum Gasteiger partial charge on any atom is 0.0597 e. The number of nitrogens with one attached hydrogen (secondary N) is 1. The van der Waals surface area contributed by atoms with Crippen molar-refractivity contribution in [3.63, 3.8) is 0 Å². The molecule has 0 aromatic carbocycles. The lowest BCUT2D eigenvalue weighted by Crippen LogP contribution is -2.36. The van der Waals surface area contributed by atoms with E-state index in [1.54, 1.807) is 0 Å². The summed E-state index contributed by atoms with van der Waals surface area (Å²) in [4.78, 5) is 2.59. The Bertz CT molecular complexity index is 114. The van der Waals surface area contributed by atoms with E-state index in [1.807, 2.05) is 0 Å². The van der Waals surface area contributed by atoms with Gasteiger partial charge in [-0.05, 0) is 19.4 Å². The lowest BCUT2D eigenvalue weighted by atomic mass is 10.2. The highest BCUT2D eigenvalue weighted by Crippen LogP contribution is 2.09. The van der Waals surface area contributed by atoms with Crippen molar-refractivity contribution in [2.75, 3.05) is 19.6 Å². The average molecular weight is 170 g/mol. The highest BCUT2D eigenvalue weighted by atomic mass is 15.3. The molecule has 0 radical (unpaired) electrons. The molecule has 0 saturated carbocycles. The second-order valence-electron chi connectivity index (χ2n) is 3.65. The number of nitrogens with zero attached hydrogens (tertiary/aromatic N) is 1. The van der Waals surface area contributed by atoms with Gasteiger partial charge >= 0.3 is 0 Å². The molecule has 1 aliphatic rings. The zero-order valence-corrected chi connectivity index (χ0v) is 8.47. The fraction of sp³-hybridized carbons (Fsp3) is 1.00. The van der Waals surface area contributed by atoms with Crippen LogP contribution in [-0.2, 0) is 0 Å². The van der Waals surface area contributed by atoms with E-state index in [4.69, 9.17) is 0 Å². The van der Waals surface area contributed by atoms with E-state index in [0.717, 1.165) is 0 Å². The van der Waals surface area contributed by atoms with Gasteiger partial charge < -0.3 is 5.32 Å². The minimum atomic E-state index is 0.682. The van der Waals surface area contributed by atoms with Crippen LogP contribution in [-0.4, -0.2) is 30.7 Å². The van der Waals surface area contributed by atoms with Crippen molar-refractivity contribution in [1.82, 2.24) is 10.2 Å². The van der Waals surface area contributed by atoms with E-state index in [9.17, 15) is 0 Å². The van der Waals surface area contributed by atoms with Crippen LogP contribution in [0.25, 0.3) is 0 Å². The highest BCUT2D eigenvalue weighted by Gasteiger charge is 2.21. The molecule has 0 spiro atoms. The Labute approximate surface area is 76.3 Å². The highest BCUT2D eigenvalue weighted by molar-refractivity contribution is 4.76. The van der Waals surface area contributed by atoms with Gasteiger partial charge in [-0.1, -0.05) is 26.7 Å². The zero-order chi connectivity index (χ0) is 8.81. The second kappa shape index (κ2) is 5.55. The van der Waals surface area contributed by atoms with Gasteiger partial charge in [0, 0.05) is 13.1 Å². The molecule has 2 nitrogen and oxygen atoms in total. The Morgan fingerprint density at radius 3 is 2.83 bits per heavy atom. The normalized spacial score (nSPS) is 25.0. The summed E-state index contributed by atoms with van der Waals surface area (Å²) in [6.45, 7) is 8.25. The van der Waals surface area contributed by atoms with Gasteiger partial charge in [0.1, 0.15) is 0 Å². The lowest BCUT2D eigenvalue weighted by molar-refractivity contribution is 0.226. The van der Waals surface area contributed by atoms with Crippen LogP contribution in [0.5, 0.6) is 0 Å². The molecule has 1 rings (SSSR count). The second-order valence-corrected chi connectivity index (χ2v) is 3.65. The van der Waals surface area contributed by atoms with Gasteiger partial charge in [0.05, 0.1) is 6.17 Å². The molecule has 1 heterocycles. The molecule has 0 bridgehead atoms. The molecule has 1 atom stereocenters. The van der Waals surface area contributed by atoms with Crippen LogP contribution >= 0.6 is 0 Å². The Balaban J connectivity index is 2.20. The van der Waals surface area contributed by atoms with Crippen LogP contribution in [0.4, 0.5) is 0 Å². The zero-order valence-electron chi connectivity index (χ0n) is 8.47. The summed E-state index contributed by atoms with van der Waals surface area (Å²) < 4.78 is 0. The van der Waals surface area contributed by atoms with Crippen LogP contribution in [0.1, 0.15) is 39.5 Å². The first-order chi connectivity index (χ1) is 5.88. The fourth-order valence-corrected chi connectivity index (χ4v) is 1.85. The van der Waals surface area contributed by atoms with Gasteiger partial charge in [-0.15, -0.1) is 0 Å². The van der Waals surface area contributed by atoms with Crippen molar-refractivity contribution in [2.24, 2.45) is 0 Å². The SMILES string of the molecule is CCCCN1CCNC1CCC. The first kappa shape index (κ1) is 10.0. The third-order valence-corrected chi connectivity index (χ3v) is 2.58. The maximum absolute atomic E-state index is 3.54. The van der Waals surface area contributed by atoms with Crippen LogP contribution in [0.3, 0.4) is 0 Å². The molecule has 72 valence electrons. The molecular weight excluding hydrogens is 148 g/mol. The molecule has 0 amide bonds. The summed E-state index contributed by atoms with van der Waals surface area (Å²) in [7, 11) is 0. The minimum absolute atomic E-state index is 0.682. The van der Waals surface area contributed by atoms with Crippen molar-refractivity contribution in [2.45, 2.75) is 45.7 Å². The first-order valence-corrected chi connectivity index (χ1v) is 5.36. The van der Waals surface area contributed by atoms with Gasteiger partial charge in [-0.25, -0.2) is 0 Å². The molecule has 1 saturated heterocycles. The Morgan fingerprint density at radius 1 is 1.33 bits per heavy atom. The van der Waals surface area contributed by atoms with Crippen molar-refractivity contribution in [3.8, 4) is 0 Å². The van der Waals surface area contributed by atoms with E-state index in [2.05, 4.69) is 24.1 Å². The van der Waals surface area contributed by atoms with E-state index in [1.165, 1.54) is 45.3 Å².